The lowest BCUT2D eigenvalue weighted by Crippen LogP contribution is -2.34. The minimum atomic E-state index is 0.478. The van der Waals surface area contributed by atoms with E-state index in [4.69, 9.17) is 0 Å². The van der Waals surface area contributed by atoms with E-state index in [1.165, 1.54) is 32.1 Å². The highest BCUT2D eigenvalue weighted by molar-refractivity contribution is 5.37. The smallest absolute Gasteiger partial charge is 0.151 e. The average molecular weight is 262 g/mol. The van der Waals surface area contributed by atoms with E-state index in [0.29, 0.717) is 12.1 Å². The van der Waals surface area contributed by atoms with Gasteiger partial charge >= 0.3 is 0 Å². The van der Waals surface area contributed by atoms with Crippen molar-refractivity contribution in [1.82, 2.24) is 15.5 Å². The van der Waals surface area contributed by atoms with Crippen LogP contribution in [0.5, 0.6) is 0 Å². The molecule has 0 spiro atoms. The van der Waals surface area contributed by atoms with Gasteiger partial charge < -0.3 is 10.2 Å². The van der Waals surface area contributed by atoms with Crippen LogP contribution in [0.1, 0.15) is 51.6 Å². The maximum Gasteiger partial charge on any atom is 0.151 e. The second kappa shape index (κ2) is 6.85. The van der Waals surface area contributed by atoms with E-state index < -0.39 is 0 Å². The van der Waals surface area contributed by atoms with Crippen LogP contribution in [0.3, 0.4) is 0 Å². The largest absolute Gasteiger partial charge is 0.355 e. The average Bonchev–Trinajstić information content (AvgIpc) is 2.46. The van der Waals surface area contributed by atoms with Crippen LogP contribution in [-0.2, 0) is 6.54 Å². The molecular weight excluding hydrogens is 236 g/mol. The third kappa shape index (κ3) is 4.16. The van der Waals surface area contributed by atoms with Gasteiger partial charge in [0.2, 0.25) is 0 Å². The summed E-state index contributed by atoms with van der Waals surface area (Å²) in [6.07, 6.45) is 6.65. The summed E-state index contributed by atoms with van der Waals surface area (Å²) in [4.78, 5) is 2.30. The third-order valence-electron chi connectivity index (χ3n) is 3.88. The molecule has 0 unspecified atom stereocenters. The zero-order valence-corrected chi connectivity index (χ0v) is 12.4. The minimum absolute atomic E-state index is 0.478. The summed E-state index contributed by atoms with van der Waals surface area (Å²) >= 11 is 0. The molecule has 1 fully saturated rings. The summed E-state index contributed by atoms with van der Waals surface area (Å²) in [5, 5.41) is 12.0. The number of rotatable bonds is 5. The van der Waals surface area contributed by atoms with Crippen molar-refractivity contribution in [3.05, 3.63) is 17.8 Å². The molecule has 1 aliphatic carbocycles. The Kier molecular flexibility index (Phi) is 5.14. The molecule has 2 rings (SSSR count). The molecular formula is C15H26N4. The molecule has 0 radical (unpaired) electrons. The van der Waals surface area contributed by atoms with Crippen LogP contribution < -0.4 is 10.2 Å². The van der Waals surface area contributed by atoms with Gasteiger partial charge in [-0.3, -0.25) is 0 Å². The van der Waals surface area contributed by atoms with E-state index in [9.17, 15) is 0 Å². The molecule has 0 amide bonds. The first-order valence-electron chi connectivity index (χ1n) is 7.45. The van der Waals surface area contributed by atoms with Gasteiger partial charge in [-0.25, -0.2) is 0 Å². The number of nitrogens with one attached hydrogen (secondary N) is 1. The maximum atomic E-state index is 4.37. The Morgan fingerprint density at radius 3 is 2.53 bits per heavy atom. The molecule has 1 saturated carbocycles. The van der Waals surface area contributed by atoms with Crippen molar-refractivity contribution in [1.29, 1.82) is 0 Å². The number of anilines is 1. The Bertz CT molecular complexity index is 368. The number of hydrogen-bond donors (Lipinski definition) is 1. The van der Waals surface area contributed by atoms with E-state index in [0.717, 1.165) is 18.1 Å². The Morgan fingerprint density at radius 2 is 1.95 bits per heavy atom. The molecule has 4 nitrogen and oxygen atoms in total. The van der Waals surface area contributed by atoms with Crippen LogP contribution in [0.15, 0.2) is 12.1 Å². The monoisotopic (exact) mass is 262 g/mol. The van der Waals surface area contributed by atoms with Gasteiger partial charge in [0.25, 0.3) is 0 Å². The van der Waals surface area contributed by atoms with Gasteiger partial charge in [-0.05, 0) is 25.0 Å². The zero-order chi connectivity index (χ0) is 13.7. The second-order valence-electron chi connectivity index (χ2n) is 5.82. The summed E-state index contributed by atoms with van der Waals surface area (Å²) in [6, 6.07) is 5.30. The van der Waals surface area contributed by atoms with Gasteiger partial charge in [-0.2, -0.15) is 5.10 Å². The standard InChI is InChI=1S/C15H26N4/c1-12(2)16-11-13-9-10-15(18-17-13)19(3)14-7-5-4-6-8-14/h9-10,12,14,16H,4-8,11H2,1-3H3. The van der Waals surface area contributed by atoms with Crippen LogP contribution in [0.25, 0.3) is 0 Å². The molecule has 4 heteroatoms. The molecule has 1 aliphatic rings. The fourth-order valence-electron chi connectivity index (χ4n) is 2.60. The Hall–Kier alpha value is -1.16. The lowest BCUT2D eigenvalue weighted by molar-refractivity contribution is 0.425. The van der Waals surface area contributed by atoms with Gasteiger partial charge in [0.15, 0.2) is 5.82 Å². The first kappa shape index (κ1) is 14.3. The molecule has 0 atom stereocenters. The van der Waals surface area contributed by atoms with Crippen LogP contribution in [-0.4, -0.2) is 29.3 Å². The molecule has 0 bridgehead atoms. The lowest BCUT2D eigenvalue weighted by Gasteiger charge is -2.31. The van der Waals surface area contributed by atoms with Crippen molar-refractivity contribution >= 4 is 5.82 Å². The van der Waals surface area contributed by atoms with Crippen LogP contribution in [0, 0.1) is 0 Å². The van der Waals surface area contributed by atoms with E-state index >= 15 is 0 Å². The minimum Gasteiger partial charge on any atom is -0.355 e. The van der Waals surface area contributed by atoms with Crippen LogP contribution in [0.2, 0.25) is 0 Å². The number of nitrogens with zero attached hydrogens (tertiary/aromatic N) is 3. The Labute approximate surface area is 116 Å². The normalized spacial score (nSPS) is 16.8. The molecule has 106 valence electrons. The summed E-state index contributed by atoms with van der Waals surface area (Å²) in [5.41, 5.74) is 1.01. The summed E-state index contributed by atoms with van der Waals surface area (Å²) in [6.45, 7) is 5.06. The van der Waals surface area contributed by atoms with Crippen molar-refractivity contribution in [2.24, 2.45) is 0 Å². The number of hydrogen-bond acceptors (Lipinski definition) is 4. The van der Waals surface area contributed by atoms with E-state index in [2.05, 4.69) is 53.4 Å². The Morgan fingerprint density at radius 1 is 1.21 bits per heavy atom. The summed E-state index contributed by atoms with van der Waals surface area (Å²) < 4.78 is 0. The van der Waals surface area contributed by atoms with Gasteiger partial charge in [-0.1, -0.05) is 33.1 Å². The summed E-state index contributed by atoms with van der Waals surface area (Å²) in [5.74, 6) is 1.00. The maximum absolute atomic E-state index is 4.37. The summed E-state index contributed by atoms with van der Waals surface area (Å²) in [7, 11) is 2.14. The molecule has 0 saturated heterocycles. The van der Waals surface area contributed by atoms with Crippen molar-refractivity contribution in [2.45, 2.75) is 64.6 Å². The predicted molar refractivity (Wildman–Crippen MR) is 79.3 cm³/mol. The fourth-order valence-corrected chi connectivity index (χ4v) is 2.60. The molecule has 1 aromatic heterocycles. The highest BCUT2D eigenvalue weighted by atomic mass is 15.3. The van der Waals surface area contributed by atoms with E-state index in [1.807, 2.05) is 0 Å². The van der Waals surface area contributed by atoms with Gasteiger partial charge in [0, 0.05) is 25.7 Å². The Balaban J connectivity index is 1.93. The lowest BCUT2D eigenvalue weighted by atomic mass is 9.94. The second-order valence-corrected chi connectivity index (χ2v) is 5.82. The van der Waals surface area contributed by atoms with Crippen LogP contribution >= 0.6 is 0 Å². The quantitative estimate of drug-likeness (QED) is 0.886. The predicted octanol–water partition coefficient (Wildman–Crippen LogP) is 2.74. The van der Waals surface area contributed by atoms with Crippen molar-refractivity contribution in [3.63, 3.8) is 0 Å². The molecule has 0 aliphatic heterocycles. The van der Waals surface area contributed by atoms with Crippen LogP contribution in [0.4, 0.5) is 5.82 Å². The highest BCUT2D eigenvalue weighted by Crippen LogP contribution is 2.24. The molecule has 1 heterocycles. The first-order valence-corrected chi connectivity index (χ1v) is 7.45. The fraction of sp³-hybridized carbons (Fsp3) is 0.733. The molecule has 0 aromatic carbocycles. The highest BCUT2D eigenvalue weighted by Gasteiger charge is 2.19. The van der Waals surface area contributed by atoms with Crippen molar-refractivity contribution < 1.29 is 0 Å². The van der Waals surface area contributed by atoms with Crippen molar-refractivity contribution in [2.75, 3.05) is 11.9 Å². The van der Waals surface area contributed by atoms with E-state index in [-0.39, 0.29) is 0 Å². The number of aromatic nitrogens is 2. The first-order chi connectivity index (χ1) is 9.16. The molecule has 1 N–H and O–H groups in total. The van der Waals surface area contributed by atoms with E-state index in [1.54, 1.807) is 0 Å². The molecule has 19 heavy (non-hydrogen) atoms. The molecule has 1 aromatic rings. The van der Waals surface area contributed by atoms with Gasteiger partial charge in [0.05, 0.1) is 5.69 Å². The third-order valence-corrected chi connectivity index (χ3v) is 3.88. The van der Waals surface area contributed by atoms with Crippen molar-refractivity contribution in [3.8, 4) is 0 Å². The SMILES string of the molecule is CC(C)NCc1ccc(N(C)C2CCCCC2)nn1. The van der Waals surface area contributed by atoms with Gasteiger partial charge in [-0.15, -0.1) is 5.10 Å². The zero-order valence-electron chi connectivity index (χ0n) is 12.4. The van der Waals surface area contributed by atoms with Gasteiger partial charge in [0.1, 0.15) is 0 Å². The topological polar surface area (TPSA) is 41.0 Å².